The average Bonchev–Trinajstić information content (AvgIpc) is 3.26. The van der Waals surface area contributed by atoms with Crippen molar-refractivity contribution in [3.63, 3.8) is 0 Å². The smallest absolute Gasteiger partial charge is 0.242 e. The molecule has 1 amide bonds. The van der Waals surface area contributed by atoms with E-state index < -0.39 is 10.0 Å². The maximum absolute atomic E-state index is 12.3. The average molecular weight is 407 g/mol. The van der Waals surface area contributed by atoms with Gasteiger partial charge < -0.3 is 9.88 Å². The summed E-state index contributed by atoms with van der Waals surface area (Å²) in [5.41, 5.74) is 1.44. The molecule has 2 aromatic heterocycles. The van der Waals surface area contributed by atoms with Crippen LogP contribution in [0, 0.1) is 0 Å². The summed E-state index contributed by atoms with van der Waals surface area (Å²) in [6, 6.07) is 8.84. The molecule has 0 atom stereocenters. The van der Waals surface area contributed by atoms with Crippen molar-refractivity contribution in [2.45, 2.75) is 24.3 Å². The molecule has 0 aliphatic heterocycles. The van der Waals surface area contributed by atoms with Gasteiger partial charge in [-0.05, 0) is 29.6 Å². The summed E-state index contributed by atoms with van der Waals surface area (Å²) >= 11 is 1.61. The first-order valence-electron chi connectivity index (χ1n) is 8.46. The van der Waals surface area contributed by atoms with Gasteiger partial charge in [-0.25, -0.2) is 17.7 Å². The van der Waals surface area contributed by atoms with Gasteiger partial charge in [-0.1, -0.05) is 6.07 Å². The van der Waals surface area contributed by atoms with Gasteiger partial charge in [-0.2, -0.15) is 0 Å². The van der Waals surface area contributed by atoms with Crippen LogP contribution in [0.15, 0.2) is 40.6 Å². The molecule has 0 aliphatic rings. The SMILES string of the molecule is CN(C)S(=O)(=O)c1ccc2c(c1)nc(CCC(=O)NCc1cccs1)n2C. The van der Waals surface area contributed by atoms with Crippen LogP contribution in [0.1, 0.15) is 17.1 Å². The monoisotopic (exact) mass is 406 g/mol. The second-order valence-corrected chi connectivity index (χ2v) is 9.57. The summed E-state index contributed by atoms with van der Waals surface area (Å²) in [6.07, 6.45) is 0.808. The number of aromatic nitrogens is 2. The van der Waals surface area contributed by atoms with E-state index in [0.717, 1.165) is 16.2 Å². The largest absolute Gasteiger partial charge is 0.351 e. The van der Waals surface area contributed by atoms with Crippen molar-refractivity contribution in [2.75, 3.05) is 14.1 Å². The maximum atomic E-state index is 12.3. The molecule has 144 valence electrons. The minimum Gasteiger partial charge on any atom is -0.351 e. The Hall–Kier alpha value is -2.23. The first-order valence-corrected chi connectivity index (χ1v) is 10.8. The first kappa shape index (κ1) is 19.5. The van der Waals surface area contributed by atoms with Crippen LogP contribution in [0.5, 0.6) is 0 Å². The Morgan fingerprint density at radius 1 is 1.30 bits per heavy atom. The van der Waals surface area contributed by atoms with Gasteiger partial charge in [-0.3, -0.25) is 4.79 Å². The fourth-order valence-electron chi connectivity index (χ4n) is 2.74. The van der Waals surface area contributed by atoms with E-state index in [4.69, 9.17) is 0 Å². The molecule has 0 radical (unpaired) electrons. The van der Waals surface area contributed by atoms with Gasteiger partial charge in [0, 0.05) is 38.9 Å². The van der Waals surface area contributed by atoms with Crippen molar-refractivity contribution < 1.29 is 13.2 Å². The van der Waals surface area contributed by atoms with Crippen LogP contribution in [0.3, 0.4) is 0 Å². The molecular weight excluding hydrogens is 384 g/mol. The molecule has 0 fully saturated rings. The number of hydrogen-bond acceptors (Lipinski definition) is 5. The van der Waals surface area contributed by atoms with E-state index in [0.29, 0.717) is 24.9 Å². The Morgan fingerprint density at radius 3 is 2.74 bits per heavy atom. The van der Waals surface area contributed by atoms with Crippen LogP contribution >= 0.6 is 11.3 Å². The minimum absolute atomic E-state index is 0.0358. The molecule has 3 rings (SSSR count). The van der Waals surface area contributed by atoms with Gasteiger partial charge in [-0.15, -0.1) is 11.3 Å². The highest BCUT2D eigenvalue weighted by molar-refractivity contribution is 7.89. The third kappa shape index (κ3) is 4.20. The second-order valence-electron chi connectivity index (χ2n) is 6.38. The molecule has 1 aromatic carbocycles. The summed E-state index contributed by atoms with van der Waals surface area (Å²) in [6.45, 7) is 0.533. The predicted molar refractivity (Wildman–Crippen MR) is 106 cm³/mol. The van der Waals surface area contributed by atoms with Gasteiger partial charge in [0.05, 0.1) is 22.5 Å². The lowest BCUT2D eigenvalue weighted by Crippen LogP contribution is -2.22. The normalized spacial score (nSPS) is 12.0. The number of fused-ring (bicyclic) bond motifs is 1. The molecule has 0 saturated heterocycles. The molecule has 2 heterocycles. The van der Waals surface area contributed by atoms with Gasteiger partial charge in [0.1, 0.15) is 5.82 Å². The summed E-state index contributed by atoms with van der Waals surface area (Å²) in [4.78, 5) is 17.9. The highest BCUT2D eigenvalue weighted by atomic mass is 32.2. The fraction of sp³-hybridized carbons (Fsp3) is 0.333. The number of nitrogens with zero attached hydrogens (tertiary/aromatic N) is 3. The van der Waals surface area contributed by atoms with E-state index >= 15 is 0 Å². The molecule has 0 unspecified atom stereocenters. The third-order valence-electron chi connectivity index (χ3n) is 4.34. The highest BCUT2D eigenvalue weighted by Gasteiger charge is 2.19. The van der Waals surface area contributed by atoms with Crippen molar-refractivity contribution in [2.24, 2.45) is 7.05 Å². The Labute approximate surface area is 162 Å². The quantitative estimate of drug-likeness (QED) is 0.651. The molecule has 0 spiro atoms. The zero-order valence-corrected chi connectivity index (χ0v) is 17.1. The molecule has 3 aromatic rings. The molecule has 27 heavy (non-hydrogen) atoms. The summed E-state index contributed by atoms with van der Waals surface area (Å²) < 4.78 is 27.7. The number of rotatable bonds is 7. The molecule has 7 nitrogen and oxygen atoms in total. The van der Waals surface area contributed by atoms with Crippen LogP contribution in [0.2, 0.25) is 0 Å². The van der Waals surface area contributed by atoms with Gasteiger partial charge in [0.15, 0.2) is 0 Å². The molecule has 0 saturated carbocycles. The van der Waals surface area contributed by atoms with Crippen LogP contribution < -0.4 is 5.32 Å². The molecule has 1 N–H and O–H groups in total. The van der Waals surface area contributed by atoms with E-state index in [-0.39, 0.29) is 10.8 Å². The molecule has 0 aliphatic carbocycles. The van der Waals surface area contributed by atoms with Gasteiger partial charge in [0.25, 0.3) is 0 Å². The number of aryl methyl sites for hydroxylation is 2. The van der Waals surface area contributed by atoms with Gasteiger partial charge in [0.2, 0.25) is 15.9 Å². The van der Waals surface area contributed by atoms with E-state index in [9.17, 15) is 13.2 Å². The van der Waals surface area contributed by atoms with Gasteiger partial charge >= 0.3 is 0 Å². The Morgan fingerprint density at radius 2 is 2.07 bits per heavy atom. The first-order chi connectivity index (χ1) is 12.8. The number of carbonyl (C=O) groups excluding carboxylic acids is 1. The lowest BCUT2D eigenvalue weighted by Gasteiger charge is -2.10. The molecule has 9 heteroatoms. The summed E-state index contributed by atoms with van der Waals surface area (Å²) in [5, 5.41) is 4.88. The zero-order valence-electron chi connectivity index (χ0n) is 15.5. The van der Waals surface area contributed by atoms with Crippen molar-refractivity contribution in [3.05, 3.63) is 46.4 Å². The Bertz CT molecular complexity index is 1050. The van der Waals surface area contributed by atoms with Crippen LogP contribution in [-0.2, 0) is 34.8 Å². The zero-order chi connectivity index (χ0) is 19.6. The lowest BCUT2D eigenvalue weighted by atomic mass is 10.3. The van der Waals surface area contributed by atoms with Crippen LogP contribution in [-0.4, -0.2) is 42.3 Å². The molecular formula is C18H22N4O3S2. The summed E-state index contributed by atoms with van der Waals surface area (Å²) in [7, 11) is 1.36. The number of nitrogens with one attached hydrogen (secondary N) is 1. The van der Waals surface area contributed by atoms with Crippen molar-refractivity contribution in [3.8, 4) is 0 Å². The predicted octanol–water partition coefficient (Wildman–Crippen LogP) is 2.13. The highest BCUT2D eigenvalue weighted by Crippen LogP contribution is 2.21. The number of amides is 1. The lowest BCUT2D eigenvalue weighted by molar-refractivity contribution is -0.121. The Balaban J connectivity index is 1.71. The van der Waals surface area contributed by atoms with E-state index in [1.54, 1.807) is 29.5 Å². The third-order valence-corrected chi connectivity index (χ3v) is 7.03. The number of carbonyl (C=O) groups is 1. The van der Waals surface area contributed by atoms with Crippen molar-refractivity contribution in [1.29, 1.82) is 0 Å². The second kappa shape index (κ2) is 7.79. The molecule has 0 bridgehead atoms. The maximum Gasteiger partial charge on any atom is 0.242 e. The topological polar surface area (TPSA) is 84.3 Å². The van der Waals surface area contributed by atoms with E-state index in [1.165, 1.54) is 18.4 Å². The number of hydrogen-bond donors (Lipinski definition) is 1. The minimum atomic E-state index is -3.51. The van der Waals surface area contributed by atoms with E-state index in [1.807, 2.05) is 29.1 Å². The number of imidazole rings is 1. The van der Waals surface area contributed by atoms with Crippen molar-refractivity contribution in [1.82, 2.24) is 19.2 Å². The fourth-order valence-corrected chi connectivity index (χ4v) is 4.30. The van der Waals surface area contributed by atoms with E-state index in [2.05, 4.69) is 10.3 Å². The Kier molecular flexibility index (Phi) is 5.64. The van der Waals surface area contributed by atoms with Crippen LogP contribution in [0.25, 0.3) is 11.0 Å². The standard InChI is InChI=1S/C18H22N4O3S2/c1-21(2)27(24,25)14-6-7-16-15(11-14)20-17(22(16)3)8-9-18(23)19-12-13-5-4-10-26-13/h4-7,10-11H,8-9,12H2,1-3H3,(H,19,23). The summed E-state index contributed by atoms with van der Waals surface area (Å²) in [5.74, 6) is 0.710. The number of benzene rings is 1. The number of thiophene rings is 1. The van der Waals surface area contributed by atoms with Crippen LogP contribution in [0.4, 0.5) is 0 Å². The van der Waals surface area contributed by atoms with Crippen molar-refractivity contribution >= 4 is 38.3 Å². The number of sulfonamides is 1.